The fraction of sp³-hybridized carbons (Fsp3) is 0.415. The molecule has 21 heteroatoms. The van der Waals surface area contributed by atoms with Crippen LogP contribution in [0.5, 0.6) is 0 Å². The number of piperazine rings is 1. The number of halogens is 4. The maximum absolute atomic E-state index is 14.3. The summed E-state index contributed by atoms with van der Waals surface area (Å²) < 4.78 is 47.4. The Balaban J connectivity index is 0.890. The number of piperidine rings is 1. The summed E-state index contributed by atoms with van der Waals surface area (Å²) in [4.78, 5) is 64.2. The van der Waals surface area contributed by atoms with Gasteiger partial charge in [-0.1, -0.05) is 11.6 Å². The molecule has 0 saturated carbocycles. The lowest BCUT2D eigenvalue weighted by Gasteiger charge is -2.46. The molecule has 0 spiro atoms. The SMILES string of the molecule is Cn1c(-c2cn(-c3ccc4c(ccn4CC#N)n3)nc2C(F)(F)F)cnc1C(=O)Nc1ccc(C(=O)N2CCN(C(=O)C3CC[N+](CC(=O)O)(CC4CNC4)CC3)CC2)c(Cl)c1. The van der Waals surface area contributed by atoms with E-state index < -0.39 is 23.7 Å². The smallest absolute Gasteiger partial charge is 0.435 e. The zero-order chi connectivity index (χ0) is 43.9. The van der Waals surface area contributed by atoms with Crippen LogP contribution in [0, 0.1) is 23.2 Å². The van der Waals surface area contributed by atoms with Gasteiger partial charge in [0.15, 0.2) is 23.9 Å². The average molecular weight is 876 g/mol. The molecule has 3 saturated heterocycles. The Morgan fingerprint density at radius 2 is 1.77 bits per heavy atom. The molecule has 0 atom stereocenters. The molecule has 3 fully saturated rings. The van der Waals surface area contributed by atoms with Crippen molar-refractivity contribution in [2.24, 2.45) is 18.9 Å². The van der Waals surface area contributed by atoms with Gasteiger partial charge in [0.05, 0.1) is 64.8 Å². The van der Waals surface area contributed by atoms with E-state index in [1.165, 1.54) is 35.9 Å². The molecule has 0 radical (unpaired) electrons. The summed E-state index contributed by atoms with van der Waals surface area (Å²) in [6, 6.07) is 11.2. The molecule has 3 N–H and O–H groups in total. The van der Waals surface area contributed by atoms with Gasteiger partial charge >= 0.3 is 12.1 Å². The fourth-order valence-corrected chi connectivity index (χ4v) is 9.02. The number of amides is 3. The number of benzene rings is 1. The van der Waals surface area contributed by atoms with Gasteiger partial charge in [0.25, 0.3) is 11.8 Å². The summed E-state index contributed by atoms with van der Waals surface area (Å²) in [6.45, 7) is 5.27. The zero-order valence-corrected chi connectivity index (χ0v) is 34.4. The van der Waals surface area contributed by atoms with Crippen LogP contribution in [0.4, 0.5) is 18.9 Å². The maximum atomic E-state index is 14.3. The number of carbonyl (C=O) groups excluding carboxylic acids is 3. The summed E-state index contributed by atoms with van der Waals surface area (Å²) >= 11 is 6.57. The molecule has 17 nitrogen and oxygen atoms in total. The van der Waals surface area contributed by atoms with Crippen molar-refractivity contribution < 1.29 is 41.9 Å². The van der Waals surface area contributed by atoms with E-state index >= 15 is 0 Å². The predicted octanol–water partition coefficient (Wildman–Crippen LogP) is 3.89. The second-order valence-corrected chi connectivity index (χ2v) is 16.5. The molecule has 62 heavy (non-hydrogen) atoms. The number of nitrogens with zero attached hydrogens (tertiary/aromatic N) is 10. The van der Waals surface area contributed by atoms with Crippen LogP contribution in [-0.2, 0) is 29.4 Å². The van der Waals surface area contributed by atoms with E-state index in [-0.39, 0.29) is 70.0 Å². The van der Waals surface area contributed by atoms with Crippen molar-refractivity contribution in [3.63, 3.8) is 0 Å². The van der Waals surface area contributed by atoms with Gasteiger partial charge in [0.2, 0.25) is 5.91 Å². The van der Waals surface area contributed by atoms with Gasteiger partial charge in [-0.25, -0.2) is 19.4 Å². The van der Waals surface area contributed by atoms with E-state index in [0.717, 1.165) is 36.7 Å². The van der Waals surface area contributed by atoms with Crippen LogP contribution >= 0.6 is 11.6 Å². The van der Waals surface area contributed by atoms with Gasteiger partial charge < -0.3 is 39.2 Å². The number of carbonyl (C=O) groups is 4. The molecule has 0 bridgehead atoms. The lowest BCUT2D eigenvalue weighted by molar-refractivity contribution is -0.929. The van der Waals surface area contributed by atoms with E-state index in [1.807, 2.05) is 6.07 Å². The third-order valence-electron chi connectivity index (χ3n) is 12.1. The first-order valence-electron chi connectivity index (χ1n) is 20.1. The normalized spacial score (nSPS) is 19.6. The number of carboxylic acids is 1. The van der Waals surface area contributed by atoms with Crippen molar-refractivity contribution in [3.8, 4) is 23.1 Å². The highest BCUT2D eigenvalue weighted by atomic mass is 35.5. The van der Waals surface area contributed by atoms with Crippen LogP contribution in [0.1, 0.15) is 39.5 Å². The molecule has 3 aliphatic rings. The average Bonchev–Trinajstić information content (AvgIpc) is 3.96. The number of alkyl halides is 3. The molecule has 1 aromatic carbocycles. The van der Waals surface area contributed by atoms with E-state index in [0.29, 0.717) is 73.5 Å². The number of nitrogens with one attached hydrogen (secondary N) is 2. The summed E-state index contributed by atoms with van der Waals surface area (Å²) in [6.07, 6.45) is 0.332. The monoisotopic (exact) mass is 875 g/mol. The molecule has 3 amide bonds. The maximum Gasteiger partial charge on any atom is 0.435 e. The van der Waals surface area contributed by atoms with E-state index in [9.17, 15) is 37.5 Å². The van der Waals surface area contributed by atoms with Gasteiger partial charge in [0.1, 0.15) is 6.54 Å². The number of hydrogen-bond acceptors (Lipinski definition) is 9. The molecule has 3 aliphatic heterocycles. The summed E-state index contributed by atoms with van der Waals surface area (Å²) in [5.41, 5.74) is -0.0894. The molecule has 8 rings (SSSR count). The first kappa shape index (κ1) is 42.4. The standard InChI is InChI=1S/C41H42ClF3N12O5/c1-52-33(29-22-56(51-36(29)41(43,44)45)34-5-4-32-31(50-34)6-10-53(32)11-9-46)21-48-37(52)38(60)49-27-2-3-28(30(42)18-27)40(62)55-14-12-54(13-15-55)39(61)26-7-16-57(17-8-26,24-35(58)59)23-25-19-47-20-25/h2-6,10,18,21-22,25-26,47H,7-8,11-17,19-20,23-24H2,1H3,(H-,49,58,59,60,62)/p+1. The topological polar surface area (TPSA) is 196 Å². The minimum atomic E-state index is -4.87. The number of likely N-dealkylation sites (tertiary alicyclic amines) is 1. The number of anilines is 1. The van der Waals surface area contributed by atoms with Crippen LogP contribution in [0.15, 0.2) is 55.0 Å². The van der Waals surface area contributed by atoms with Gasteiger partial charge in [-0.15, -0.1) is 0 Å². The number of hydrogen-bond donors (Lipinski definition) is 3. The predicted molar refractivity (Wildman–Crippen MR) is 218 cm³/mol. The molecule has 5 aromatic rings. The van der Waals surface area contributed by atoms with Gasteiger partial charge in [-0.3, -0.25) is 14.4 Å². The molecule has 7 heterocycles. The fourth-order valence-electron chi connectivity index (χ4n) is 8.76. The van der Waals surface area contributed by atoms with Crippen molar-refractivity contribution in [2.45, 2.75) is 25.6 Å². The third kappa shape index (κ3) is 8.47. The van der Waals surface area contributed by atoms with Gasteiger partial charge in [-0.05, 0) is 36.4 Å². The molecule has 0 aliphatic carbocycles. The molecule has 0 unspecified atom stereocenters. The zero-order valence-electron chi connectivity index (χ0n) is 33.6. The van der Waals surface area contributed by atoms with Crippen LogP contribution in [0.2, 0.25) is 5.02 Å². The first-order valence-corrected chi connectivity index (χ1v) is 20.5. The van der Waals surface area contributed by atoms with Crippen LogP contribution < -0.4 is 10.6 Å². The van der Waals surface area contributed by atoms with Gasteiger partial charge in [-0.2, -0.15) is 23.5 Å². The summed E-state index contributed by atoms with van der Waals surface area (Å²) in [5, 5.41) is 28.4. The number of pyridine rings is 1. The van der Waals surface area contributed by atoms with Crippen molar-refractivity contribution >= 4 is 52.0 Å². The number of aromatic nitrogens is 6. The highest BCUT2D eigenvalue weighted by Gasteiger charge is 2.43. The Kier molecular flexibility index (Phi) is 11.5. The molecule has 324 valence electrons. The number of quaternary nitrogens is 1. The Morgan fingerprint density at radius 3 is 2.42 bits per heavy atom. The van der Waals surface area contributed by atoms with Crippen molar-refractivity contribution in [2.75, 3.05) is 70.8 Å². The molecular weight excluding hydrogens is 833 g/mol. The number of imidazole rings is 1. The quantitative estimate of drug-likeness (QED) is 0.164. The largest absolute Gasteiger partial charge is 0.477 e. The van der Waals surface area contributed by atoms with Crippen LogP contribution in [0.3, 0.4) is 0 Å². The second kappa shape index (κ2) is 16.9. The Morgan fingerprint density at radius 1 is 1.05 bits per heavy atom. The number of carboxylic acid groups (broad SMARTS) is 1. The first-order chi connectivity index (χ1) is 29.6. The van der Waals surface area contributed by atoms with Crippen molar-refractivity contribution in [1.29, 1.82) is 5.26 Å². The van der Waals surface area contributed by atoms with E-state index in [2.05, 4.69) is 25.7 Å². The van der Waals surface area contributed by atoms with Gasteiger partial charge in [0, 0.05) is 89.1 Å². The third-order valence-corrected chi connectivity index (χ3v) is 12.4. The number of fused-ring (bicyclic) bond motifs is 1. The van der Waals surface area contributed by atoms with E-state index in [4.69, 9.17) is 16.9 Å². The molecular formula is C41H43ClF3N12O5+. The summed E-state index contributed by atoms with van der Waals surface area (Å²) in [5.74, 6) is -1.73. The van der Waals surface area contributed by atoms with E-state index in [1.54, 1.807) is 32.7 Å². The number of nitriles is 1. The lowest BCUT2D eigenvalue weighted by Crippen LogP contribution is -2.62. The highest BCUT2D eigenvalue weighted by Crippen LogP contribution is 2.37. The summed E-state index contributed by atoms with van der Waals surface area (Å²) in [7, 11) is 1.40. The Bertz CT molecular complexity index is 2590. The Labute approximate surface area is 357 Å². The number of aliphatic carboxylic acids is 1. The minimum Gasteiger partial charge on any atom is -0.477 e. The highest BCUT2D eigenvalue weighted by molar-refractivity contribution is 6.34. The van der Waals surface area contributed by atoms with Crippen molar-refractivity contribution in [3.05, 3.63) is 77.1 Å². The second-order valence-electron chi connectivity index (χ2n) is 16.1. The van der Waals surface area contributed by atoms with Crippen LogP contribution in [-0.4, -0.2) is 137 Å². The lowest BCUT2D eigenvalue weighted by atomic mass is 9.90. The minimum absolute atomic E-state index is 0.0280. The number of rotatable bonds is 11. The molecule has 4 aromatic heterocycles. The van der Waals surface area contributed by atoms with Crippen LogP contribution in [0.25, 0.3) is 28.1 Å². The Hall–Kier alpha value is -6.30. The van der Waals surface area contributed by atoms with Crippen molar-refractivity contribution in [1.82, 2.24) is 44.0 Å².